The van der Waals surface area contributed by atoms with Gasteiger partial charge in [0.05, 0.1) is 22.8 Å². The normalized spacial score (nSPS) is 19.6. The second-order valence-corrected chi connectivity index (χ2v) is 7.58. The second-order valence-electron chi connectivity index (χ2n) is 6.53. The maximum atomic E-state index is 12.6. The van der Waals surface area contributed by atoms with Crippen LogP contribution in [0.15, 0.2) is 64.0 Å². The third kappa shape index (κ3) is 2.74. The zero-order chi connectivity index (χ0) is 17.6. The highest BCUT2D eigenvalue weighted by atomic mass is 32.2. The molecule has 0 unspecified atom stereocenters. The summed E-state index contributed by atoms with van der Waals surface area (Å²) < 4.78 is 0. The van der Waals surface area contributed by atoms with Crippen LogP contribution in [0.3, 0.4) is 0 Å². The molecule has 2 heterocycles. The summed E-state index contributed by atoms with van der Waals surface area (Å²) in [7, 11) is 0. The molecule has 0 aromatic heterocycles. The van der Waals surface area contributed by atoms with Crippen molar-refractivity contribution in [3.05, 3.63) is 64.7 Å². The Hall–Kier alpha value is -2.53. The molecule has 2 aromatic carbocycles. The monoisotopic (exact) mass is 349 g/mol. The van der Waals surface area contributed by atoms with E-state index in [1.807, 2.05) is 48.5 Å². The maximum absolute atomic E-state index is 12.6. The molecule has 0 spiro atoms. The molecule has 2 aliphatic rings. The standard InChI is InChI=1S/C20H19N3OS/c1-12(2)13-7-9-14(10-8-13)23-18(24)11-15(19(23)21)20-22-16-5-3-4-6-17(16)25-20/h3-10,12,21-22H,11H2,1-2H3/b20-15-,21-19?. The number of rotatable bonds is 2. The number of fused-ring (bicyclic) bond motifs is 1. The minimum absolute atomic E-state index is 0.0526. The van der Waals surface area contributed by atoms with Gasteiger partial charge in [0.2, 0.25) is 5.91 Å². The number of amides is 1. The molecule has 1 amide bonds. The van der Waals surface area contributed by atoms with Gasteiger partial charge in [-0.25, -0.2) is 0 Å². The lowest BCUT2D eigenvalue weighted by molar-refractivity contribution is -0.116. The van der Waals surface area contributed by atoms with Gasteiger partial charge >= 0.3 is 0 Å². The van der Waals surface area contributed by atoms with Gasteiger partial charge in [-0.2, -0.15) is 0 Å². The van der Waals surface area contributed by atoms with E-state index in [1.165, 1.54) is 10.5 Å². The fraction of sp³-hybridized carbons (Fsp3) is 0.200. The van der Waals surface area contributed by atoms with Crippen LogP contribution in [0.1, 0.15) is 31.7 Å². The number of anilines is 2. The van der Waals surface area contributed by atoms with E-state index in [2.05, 4.69) is 19.2 Å². The summed E-state index contributed by atoms with van der Waals surface area (Å²) in [5.41, 5.74) is 3.79. The molecule has 2 N–H and O–H groups in total. The minimum atomic E-state index is -0.0526. The van der Waals surface area contributed by atoms with Gasteiger partial charge in [-0.05, 0) is 35.7 Å². The van der Waals surface area contributed by atoms with Gasteiger partial charge in [0.1, 0.15) is 5.84 Å². The predicted molar refractivity (Wildman–Crippen MR) is 103 cm³/mol. The van der Waals surface area contributed by atoms with Crippen molar-refractivity contribution in [3.63, 3.8) is 0 Å². The molecule has 126 valence electrons. The second kappa shape index (κ2) is 6.08. The Kier molecular flexibility index (Phi) is 3.88. The number of thioether (sulfide) groups is 1. The van der Waals surface area contributed by atoms with E-state index >= 15 is 0 Å². The highest BCUT2D eigenvalue weighted by molar-refractivity contribution is 8.03. The van der Waals surface area contributed by atoms with Crippen molar-refractivity contribution in [2.24, 2.45) is 0 Å². The molecule has 2 aromatic rings. The Bertz CT molecular complexity index is 872. The quantitative estimate of drug-likeness (QED) is 0.806. The molecule has 1 saturated heterocycles. The molecule has 25 heavy (non-hydrogen) atoms. The van der Waals surface area contributed by atoms with Crippen molar-refractivity contribution in [2.75, 3.05) is 10.2 Å². The minimum Gasteiger partial charge on any atom is -0.349 e. The average Bonchev–Trinajstić information content (AvgIpc) is 3.15. The van der Waals surface area contributed by atoms with Crippen LogP contribution in [0.4, 0.5) is 11.4 Å². The topological polar surface area (TPSA) is 56.2 Å². The summed E-state index contributed by atoms with van der Waals surface area (Å²) in [6.45, 7) is 4.28. The lowest BCUT2D eigenvalue weighted by Crippen LogP contribution is -2.28. The van der Waals surface area contributed by atoms with Crippen LogP contribution in [0.25, 0.3) is 0 Å². The molecule has 0 radical (unpaired) electrons. The third-order valence-electron chi connectivity index (χ3n) is 4.53. The van der Waals surface area contributed by atoms with Crippen LogP contribution in [-0.4, -0.2) is 11.7 Å². The Morgan fingerprint density at radius 1 is 1.12 bits per heavy atom. The number of hydrogen-bond acceptors (Lipinski definition) is 4. The summed E-state index contributed by atoms with van der Waals surface area (Å²) in [4.78, 5) is 15.2. The lowest BCUT2D eigenvalue weighted by atomic mass is 10.0. The highest BCUT2D eigenvalue weighted by Gasteiger charge is 2.35. The molecule has 0 aliphatic carbocycles. The Labute approximate surface area is 151 Å². The smallest absolute Gasteiger partial charge is 0.237 e. The number of carbonyl (C=O) groups is 1. The van der Waals surface area contributed by atoms with Crippen molar-refractivity contribution in [1.29, 1.82) is 5.41 Å². The van der Waals surface area contributed by atoms with E-state index in [0.717, 1.165) is 26.9 Å². The molecule has 1 fully saturated rings. The number of carbonyl (C=O) groups excluding carboxylic acids is 1. The number of benzene rings is 2. The predicted octanol–water partition coefficient (Wildman–Crippen LogP) is 4.95. The number of para-hydroxylation sites is 1. The van der Waals surface area contributed by atoms with Gasteiger partial charge in [-0.1, -0.05) is 49.9 Å². The number of nitrogens with one attached hydrogen (secondary N) is 2. The summed E-state index contributed by atoms with van der Waals surface area (Å²) in [6.07, 6.45) is 0.258. The van der Waals surface area contributed by atoms with Crippen LogP contribution < -0.4 is 10.2 Å². The fourth-order valence-corrected chi connectivity index (χ4v) is 4.15. The zero-order valence-electron chi connectivity index (χ0n) is 14.2. The van der Waals surface area contributed by atoms with Crippen molar-refractivity contribution < 1.29 is 4.79 Å². The van der Waals surface area contributed by atoms with Crippen molar-refractivity contribution in [1.82, 2.24) is 0 Å². The summed E-state index contributed by atoms with van der Waals surface area (Å²) in [5.74, 6) is 0.659. The van der Waals surface area contributed by atoms with E-state index < -0.39 is 0 Å². The number of amidine groups is 1. The van der Waals surface area contributed by atoms with E-state index in [-0.39, 0.29) is 18.2 Å². The van der Waals surface area contributed by atoms with Crippen LogP contribution in [0.2, 0.25) is 0 Å². The van der Waals surface area contributed by atoms with Gasteiger partial charge in [-0.15, -0.1) is 0 Å². The molecule has 4 nitrogen and oxygen atoms in total. The maximum Gasteiger partial charge on any atom is 0.237 e. The van der Waals surface area contributed by atoms with Gasteiger partial charge < -0.3 is 5.32 Å². The first-order valence-electron chi connectivity index (χ1n) is 8.33. The number of nitrogens with zero attached hydrogens (tertiary/aromatic N) is 1. The first-order valence-corrected chi connectivity index (χ1v) is 9.15. The SMILES string of the molecule is CC(C)c1ccc(N2C(=N)/C(=C3/Nc4ccccc4S3)CC2=O)cc1. The summed E-state index contributed by atoms with van der Waals surface area (Å²) >= 11 is 1.59. The molecular weight excluding hydrogens is 330 g/mol. The van der Waals surface area contributed by atoms with Gasteiger partial charge in [-0.3, -0.25) is 15.1 Å². The molecule has 0 atom stereocenters. The van der Waals surface area contributed by atoms with Crippen molar-refractivity contribution >= 4 is 34.9 Å². The van der Waals surface area contributed by atoms with Crippen LogP contribution in [-0.2, 0) is 4.79 Å². The fourth-order valence-electron chi connectivity index (χ4n) is 3.10. The first-order chi connectivity index (χ1) is 12.0. The number of hydrogen-bond donors (Lipinski definition) is 2. The first kappa shape index (κ1) is 16.0. The molecule has 2 aliphatic heterocycles. The van der Waals surface area contributed by atoms with Gasteiger partial charge in [0, 0.05) is 10.5 Å². The van der Waals surface area contributed by atoms with E-state index in [0.29, 0.717) is 5.92 Å². The van der Waals surface area contributed by atoms with Gasteiger partial charge in [0.15, 0.2) is 0 Å². The lowest BCUT2D eigenvalue weighted by Gasteiger charge is -2.17. The Balaban J connectivity index is 1.64. The molecule has 0 saturated carbocycles. The molecule has 0 bridgehead atoms. The Morgan fingerprint density at radius 3 is 2.52 bits per heavy atom. The highest BCUT2D eigenvalue weighted by Crippen LogP contribution is 2.44. The largest absolute Gasteiger partial charge is 0.349 e. The van der Waals surface area contributed by atoms with E-state index in [1.54, 1.807) is 11.8 Å². The Morgan fingerprint density at radius 2 is 1.84 bits per heavy atom. The van der Waals surface area contributed by atoms with E-state index in [4.69, 9.17) is 5.41 Å². The molecular formula is C20H19N3OS. The van der Waals surface area contributed by atoms with E-state index in [9.17, 15) is 4.79 Å². The average molecular weight is 349 g/mol. The van der Waals surface area contributed by atoms with Crippen LogP contribution in [0.5, 0.6) is 0 Å². The molecule has 4 rings (SSSR count). The third-order valence-corrected chi connectivity index (χ3v) is 5.65. The van der Waals surface area contributed by atoms with Crippen molar-refractivity contribution in [2.45, 2.75) is 31.1 Å². The molecule has 5 heteroatoms. The summed E-state index contributed by atoms with van der Waals surface area (Å²) in [6, 6.07) is 16.0. The van der Waals surface area contributed by atoms with Crippen LogP contribution >= 0.6 is 11.8 Å². The summed E-state index contributed by atoms with van der Waals surface area (Å²) in [5, 5.41) is 12.8. The van der Waals surface area contributed by atoms with Gasteiger partial charge in [0.25, 0.3) is 0 Å². The zero-order valence-corrected chi connectivity index (χ0v) is 15.0. The van der Waals surface area contributed by atoms with Crippen LogP contribution in [0, 0.1) is 5.41 Å². The van der Waals surface area contributed by atoms with Crippen molar-refractivity contribution in [3.8, 4) is 0 Å².